The molecule has 1 aliphatic rings. The zero-order chi connectivity index (χ0) is 13.9. The first-order valence-electron chi connectivity index (χ1n) is 6.29. The standard InChI is InChI=1S/C13H18FNO3S/c1-19(16,17)18-10-11-3-2-8-15(9-11)13-6-4-12(14)5-7-13/h4-7,11H,2-3,8-10H2,1H3. The summed E-state index contributed by atoms with van der Waals surface area (Å²) in [4.78, 5) is 2.14. The maximum absolute atomic E-state index is 12.9. The topological polar surface area (TPSA) is 46.6 Å². The van der Waals surface area contributed by atoms with E-state index in [2.05, 4.69) is 4.90 Å². The molecule has 0 N–H and O–H groups in total. The lowest BCUT2D eigenvalue weighted by Gasteiger charge is -2.34. The first-order valence-corrected chi connectivity index (χ1v) is 8.10. The highest BCUT2D eigenvalue weighted by atomic mass is 32.2. The summed E-state index contributed by atoms with van der Waals surface area (Å²) in [6.07, 6.45) is 3.00. The van der Waals surface area contributed by atoms with Gasteiger partial charge in [-0.25, -0.2) is 4.39 Å². The summed E-state index contributed by atoms with van der Waals surface area (Å²) in [7, 11) is -3.38. The molecule has 1 heterocycles. The molecule has 1 aromatic rings. The van der Waals surface area contributed by atoms with Gasteiger partial charge in [0.2, 0.25) is 0 Å². The summed E-state index contributed by atoms with van der Waals surface area (Å²) in [6, 6.07) is 6.36. The average Bonchev–Trinajstić information content (AvgIpc) is 2.37. The second-order valence-electron chi connectivity index (χ2n) is 4.92. The normalized spacial score (nSPS) is 20.5. The number of anilines is 1. The summed E-state index contributed by atoms with van der Waals surface area (Å²) >= 11 is 0. The minimum atomic E-state index is -3.38. The van der Waals surface area contributed by atoms with Crippen LogP contribution in [-0.2, 0) is 14.3 Å². The molecule has 0 bridgehead atoms. The zero-order valence-corrected chi connectivity index (χ0v) is 11.7. The summed E-state index contributed by atoms with van der Waals surface area (Å²) in [5, 5.41) is 0. The van der Waals surface area contributed by atoms with Gasteiger partial charge in [0.1, 0.15) is 5.82 Å². The Morgan fingerprint density at radius 2 is 2.05 bits per heavy atom. The molecule has 106 valence electrons. The lowest BCUT2D eigenvalue weighted by Crippen LogP contribution is -2.37. The van der Waals surface area contributed by atoms with Gasteiger partial charge < -0.3 is 4.90 Å². The number of rotatable bonds is 4. The summed E-state index contributed by atoms with van der Waals surface area (Å²) in [5.74, 6) is -0.0637. The van der Waals surface area contributed by atoms with Crippen LogP contribution < -0.4 is 4.90 Å². The Bertz CT molecular complexity index is 515. The third-order valence-corrected chi connectivity index (χ3v) is 3.79. The van der Waals surface area contributed by atoms with Gasteiger partial charge in [-0.05, 0) is 37.1 Å². The van der Waals surface area contributed by atoms with Crippen LogP contribution in [0.5, 0.6) is 0 Å². The van der Waals surface area contributed by atoms with E-state index in [9.17, 15) is 12.8 Å². The third-order valence-electron chi connectivity index (χ3n) is 3.23. The number of hydrogen-bond donors (Lipinski definition) is 0. The zero-order valence-electron chi connectivity index (χ0n) is 10.9. The van der Waals surface area contributed by atoms with Crippen LogP contribution in [0.4, 0.5) is 10.1 Å². The van der Waals surface area contributed by atoms with Gasteiger partial charge in [0.05, 0.1) is 12.9 Å². The predicted octanol–water partition coefficient (Wildman–Crippen LogP) is 2.02. The van der Waals surface area contributed by atoms with Gasteiger partial charge in [0, 0.05) is 24.7 Å². The van der Waals surface area contributed by atoms with E-state index in [1.54, 1.807) is 12.1 Å². The molecule has 1 aromatic carbocycles. The molecule has 6 heteroatoms. The van der Waals surface area contributed by atoms with Gasteiger partial charge in [-0.1, -0.05) is 0 Å². The van der Waals surface area contributed by atoms with E-state index in [-0.39, 0.29) is 18.3 Å². The van der Waals surface area contributed by atoms with Crippen LogP contribution in [0.15, 0.2) is 24.3 Å². The minimum absolute atomic E-state index is 0.188. The fraction of sp³-hybridized carbons (Fsp3) is 0.538. The molecular formula is C13H18FNO3S. The Hall–Kier alpha value is -1.14. The van der Waals surface area contributed by atoms with Crippen molar-refractivity contribution in [2.45, 2.75) is 12.8 Å². The second-order valence-corrected chi connectivity index (χ2v) is 6.56. The van der Waals surface area contributed by atoms with Crippen LogP contribution in [0.3, 0.4) is 0 Å². The van der Waals surface area contributed by atoms with Crippen LogP contribution in [0.25, 0.3) is 0 Å². The summed E-state index contributed by atoms with van der Waals surface area (Å²) in [5.41, 5.74) is 0.963. The van der Waals surface area contributed by atoms with E-state index in [4.69, 9.17) is 4.18 Å². The van der Waals surface area contributed by atoms with Crippen molar-refractivity contribution in [2.75, 3.05) is 30.9 Å². The molecule has 0 aliphatic carbocycles. The van der Waals surface area contributed by atoms with Gasteiger partial charge in [-0.2, -0.15) is 8.42 Å². The van der Waals surface area contributed by atoms with E-state index in [1.165, 1.54) is 12.1 Å². The highest BCUT2D eigenvalue weighted by molar-refractivity contribution is 7.85. The molecule has 1 unspecified atom stereocenters. The molecule has 19 heavy (non-hydrogen) atoms. The molecule has 1 fully saturated rings. The number of nitrogens with zero attached hydrogens (tertiary/aromatic N) is 1. The third kappa shape index (κ3) is 4.47. The summed E-state index contributed by atoms with van der Waals surface area (Å²) in [6.45, 7) is 1.86. The van der Waals surface area contributed by atoms with Gasteiger partial charge in [-0.3, -0.25) is 4.18 Å². The van der Waals surface area contributed by atoms with Crippen LogP contribution in [0, 0.1) is 11.7 Å². The molecule has 0 amide bonds. The fourth-order valence-corrected chi connectivity index (χ4v) is 2.75. The quantitative estimate of drug-likeness (QED) is 0.795. The van der Waals surface area contributed by atoms with Crippen LogP contribution >= 0.6 is 0 Å². The first-order chi connectivity index (χ1) is 8.94. The Kier molecular flexibility index (Phi) is 4.42. The molecule has 1 atom stereocenters. The molecule has 0 aromatic heterocycles. The molecule has 0 saturated carbocycles. The Labute approximate surface area is 113 Å². The van der Waals surface area contributed by atoms with Crippen molar-refractivity contribution in [3.05, 3.63) is 30.1 Å². The SMILES string of the molecule is CS(=O)(=O)OCC1CCCN(c2ccc(F)cc2)C1. The average molecular weight is 287 g/mol. The first kappa shape index (κ1) is 14.3. The van der Waals surface area contributed by atoms with Gasteiger partial charge in [-0.15, -0.1) is 0 Å². The van der Waals surface area contributed by atoms with Crippen molar-refractivity contribution in [2.24, 2.45) is 5.92 Å². The number of hydrogen-bond acceptors (Lipinski definition) is 4. The largest absolute Gasteiger partial charge is 0.371 e. The summed E-state index contributed by atoms with van der Waals surface area (Å²) < 4.78 is 39.7. The molecule has 4 nitrogen and oxygen atoms in total. The van der Waals surface area contributed by atoms with Crippen molar-refractivity contribution >= 4 is 15.8 Å². The van der Waals surface area contributed by atoms with Crippen molar-refractivity contribution in [1.82, 2.24) is 0 Å². The molecule has 1 saturated heterocycles. The number of benzene rings is 1. The van der Waals surface area contributed by atoms with Crippen LogP contribution in [-0.4, -0.2) is 34.4 Å². The predicted molar refractivity (Wildman–Crippen MR) is 72.1 cm³/mol. The highest BCUT2D eigenvalue weighted by Gasteiger charge is 2.21. The second kappa shape index (κ2) is 5.88. The molecule has 0 radical (unpaired) electrons. The van der Waals surface area contributed by atoms with Gasteiger partial charge in [0.15, 0.2) is 0 Å². The maximum atomic E-state index is 12.9. The van der Waals surface area contributed by atoms with Gasteiger partial charge >= 0.3 is 0 Å². The van der Waals surface area contributed by atoms with E-state index in [0.29, 0.717) is 0 Å². The van der Waals surface area contributed by atoms with E-state index in [0.717, 1.165) is 37.9 Å². The lowest BCUT2D eigenvalue weighted by atomic mass is 9.98. The molecule has 2 rings (SSSR count). The van der Waals surface area contributed by atoms with E-state index in [1.807, 2.05) is 0 Å². The van der Waals surface area contributed by atoms with Crippen molar-refractivity contribution in [1.29, 1.82) is 0 Å². The fourth-order valence-electron chi connectivity index (χ4n) is 2.31. The van der Waals surface area contributed by atoms with Crippen molar-refractivity contribution < 1.29 is 17.0 Å². The highest BCUT2D eigenvalue weighted by Crippen LogP contribution is 2.23. The molecular weight excluding hydrogens is 269 g/mol. The van der Waals surface area contributed by atoms with Crippen molar-refractivity contribution in [3.8, 4) is 0 Å². The van der Waals surface area contributed by atoms with Crippen LogP contribution in [0.1, 0.15) is 12.8 Å². The van der Waals surface area contributed by atoms with E-state index >= 15 is 0 Å². The Morgan fingerprint density at radius 3 is 2.68 bits per heavy atom. The molecule has 0 spiro atoms. The maximum Gasteiger partial charge on any atom is 0.264 e. The lowest BCUT2D eigenvalue weighted by molar-refractivity contribution is 0.236. The van der Waals surface area contributed by atoms with Crippen LogP contribution in [0.2, 0.25) is 0 Å². The molecule has 1 aliphatic heterocycles. The number of halogens is 1. The van der Waals surface area contributed by atoms with E-state index < -0.39 is 10.1 Å². The number of piperidine rings is 1. The Balaban J connectivity index is 1.95. The van der Waals surface area contributed by atoms with Gasteiger partial charge in [0.25, 0.3) is 10.1 Å². The smallest absolute Gasteiger partial charge is 0.264 e. The monoisotopic (exact) mass is 287 g/mol. The van der Waals surface area contributed by atoms with Crippen molar-refractivity contribution in [3.63, 3.8) is 0 Å². The Morgan fingerprint density at radius 1 is 1.37 bits per heavy atom. The minimum Gasteiger partial charge on any atom is -0.371 e.